The number of rotatable bonds is 4. The lowest BCUT2D eigenvalue weighted by molar-refractivity contribution is 0.424. The molecule has 2 aromatic carbocycles. The topological polar surface area (TPSA) is 15.3 Å². The van der Waals surface area contributed by atoms with Crippen molar-refractivity contribution in [2.75, 3.05) is 23.3 Å². The van der Waals surface area contributed by atoms with Crippen molar-refractivity contribution in [1.82, 2.24) is 0 Å². The summed E-state index contributed by atoms with van der Waals surface area (Å²) in [6.45, 7) is 11.0. The molecule has 1 N–H and O–H groups in total. The Labute approximate surface area is 157 Å². The molecular formula is C24H30N2. The average molecular weight is 347 g/mol. The number of aryl methyl sites for hydroxylation is 2. The largest absolute Gasteiger partial charge is 0.377 e. The lowest BCUT2D eigenvalue weighted by Crippen LogP contribution is -2.30. The Hall–Kier alpha value is -2.22. The highest BCUT2D eigenvalue weighted by Crippen LogP contribution is 2.51. The van der Waals surface area contributed by atoms with E-state index in [1.54, 1.807) is 0 Å². The molecule has 2 heteroatoms. The molecule has 3 unspecified atom stereocenters. The minimum absolute atomic E-state index is 0.383. The van der Waals surface area contributed by atoms with Crippen LogP contribution in [-0.2, 0) is 0 Å². The molecule has 136 valence electrons. The van der Waals surface area contributed by atoms with E-state index in [4.69, 9.17) is 0 Å². The molecule has 4 rings (SSSR count). The standard InChI is InChI=1S/C24H30N2/c1-5-26(6-2)19-14-12-18(13-15-19)24-21-9-7-8-20(21)22-16(3)10-11-17(4)23(22)25-24/h7-8,10-15,20-21,24-25H,5-6,9H2,1-4H3. The van der Waals surface area contributed by atoms with E-state index in [0.29, 0.717) is 17.9 Å². The van der Waals surface area contributed by atoms with Crippen LogP contribution in [-0.4, -0.2) is 13.1 Å². The van der Waals surface area contributed by atoms with Crippen molar-refractivity contribution in [2.45, 2.75) is 46.1 Å². The molecule has 0 aromatic heterocycles. The average Bonchev–Trinajstić information content (AvgIpc) is 3.15. The highest BCUT2D eigenvalue weighted by atomic mass is 15.1. The van der Waals surface area contributed by atoms with Crippen molar-refractivity contribution >= 4 is 11.4 Å². The molecule has 2 aromatic rings. The third kappa shape index (κ3) is 2.72. The summed E-state index contributed by atoms with van der Waals surface area (Å²) in [7, 11) is 0. The Bertz CT molecular complexity index is 815. The minimum Gasteiger partial charge on any atom is -0.377 e. The van der Waals surface area contributed by atoms with E-state index in [1.165, 1.54) is 33.6 Å². The van der Waals surface area contributed by atoms with Gasteiger partial charge in [0.15, 0.2) is 0 Å². The summed E-state index contributed by atoms with van der Waals surface area (Å²) >= 11 is 0. The zero-order valence-electron chi connectivity index (χ0n) is 16.4. The number of benzene rings is 2. The summed E-state index contributed by atoms with van der Waals surface area (Å²) in [4.78, 5) is 2.40. The zero-order valence-corrected chi connectivity index (χ0v) is 16.4. The second-order valence-corrected chi connectivity index (χ2v) is 7.73. The van der Waals surface area contributed by atoms with Crippen molar-refractivity contribution in [3.05, 3.63) is 70.8 Å². The predicted molar refractivity (Wildman–Crippen MR) is 112 cm³/mol. The third-order valence-electron chi connectivity index (χ3n) is 6.33. The van der Waals surface area contributed by atoms with Gasteiger partial charge in [-0.3, -0.25) is 0 Å². The second-order valence-electron chi connectivity index (χ2n) is 7.73. The van der Waals surface area contributed by atoms with Crippen LogP contribution in [0.15, 0.2) is 48.6 Å². The van der Waals surface area contributed by atoms with E-state index in [0.717, 1.165) is 19.5 Å². The molecule has 1 heterocycles. The van der Waals surface area contributed by atoms with Crippen LogP contribution in [0.25, 0.3) is 0 Å². The molecule has 0 saturated heterocycles. The summed E-state index contributed by atoms with van der Waals surface area (Å²) in [6, 6.07) is 14.2. The molecule has 26 heavy (non-hydrogen) atoms. The maximum atomic E-state index is 3.92. The highest BCUT2D eigenvalue weighted by molar-refractivity contribution is 5.66. The van der Waals surface area contributed by atoms with Crippen LogP contribution in [0.2, 0.25) is 0 Å². The molecule has 0 saturated carbocycles. The molecule has 1 aliphatic carbocycles. The van der Waals surface area contributed by atoms with Crippen molar-refractivity contribution in [3.8, 4) is 0 Å². The molecule has 2 aliphatic rings. The lowest BCUT2D eigenvalue weighted by Gasteiger charge is -2.39. The Morgan fingerprint density at radius 1 is 0.962 bits per heavy atom. The van der Waals surface area contributed by atoms with Gasteiger partial charge in [0.25, 0.3) is 0 Å². The Morgan fingerprint density at radius 2 is 1.65 bits per heavy atom. The fraction of sp³-hybridized carbons (Fsp3) is 0.417. The molecule has 1 aliphatic heterocycles. The maximum absolute atomic E-state index is 3.92. The Kier molecular flexibility index (Phi) is 4.52. The molecule has 2 nitrogen and oxygen atoms in total. The van der Waals surface area contributed by atoms with E-state index < -0.39 is 0 Å². The SMILES string of the molecule is CCN(CC)c1ccc(C2Nc3c(C)ccc(C)c3C3C=CCC32)cc1. The Balaban J connectivity index is 1.71. The van der Waals surface area contributed by atoms with Gasteiger partial charge in [-0.1, -0.05) is 36.4 Å². The van der Waals surface area contributed by atoms with Gasteiger partial charge in [-0.15, -0.1) is 0 Å². The van der Waals surface area contributed by atoms with Crippen LogP contribution >= 0.6 is 0 Å². The zero-order chi connectivity index (χ0) is 18.3. The molecular weight excluding hydrogens is 316 g/mol. The van der Waals surface area contributed by atoms with E-state index in [9.17, 15) is 0 Å². The first-order valence-electron chi connectivity index (χ1n) is 10.0. The minimum atomic E-state index is 0.383. The van der Waals surface area contributed by atoms with Gasteiger partial charge in [0.2, 0.25) is 0 Å². The van der Waals surface area contributed by atoms with Gasteiger partial charge in [-0.25, -0.2) is 0 Å². The third-order valence-corrected chi connectivity index (χ3v) is 6.33. The van der Waals surface area contributed by atoms with Gasteiger partial charge in [-0.2, -0.15) is 0 Å². The van der Waals surface area contributed by atoms with Gasteiger partial charge in [-0.05, 0) is 74.4 Å². The van der Waals surface area contributed by atoms with Crippen LogP contribution in [0.5, 0.6) is 0 Å². The van der Waals surface area contributed by atoms with E-state index in [-0.39, 0.29) is 0 Å². The summed E-state index contributed by atoms with van der Waals surface area (Å²) < 4.78 is 0. The first-order valence-corrected chi connectivity index (χ1v) is 10.0. The number of nitrogens with one attached hydrogen (secondary N) is 1. The van der Waals surface area contributed by atoms with Crippen molar-refractivity contribution in [1.29, 1.82) is 0 Å². The second kappa shape index (κ2) is 6.83. The molecule has 0 spiro atoms. The van der Waals surface area contributed by atoms with Crippen LogP contribution in [0.3, 0.4) is 0 Å². The molecule has 3 atom stereocenters. The molecule has 0 bridgehead atoms. The summed E-state index contributed by atoms with van der Waals surface area (Å²) in [6.07, 6.45) is 5.98. The van der Waals surface area contributed by atoms with Crippen LogP contribution < -0.4 is 10.2 Å². The van der Waals surface area contributed by atoms with Gasteiger partial charge < -0.3 is 10.2 Å². The molecule has 0 amide bonds. The fourth-order valence-corrected chi connectivity index (χ4v) is 4.85. The van der Waals surface area contributed by atoms with Crippen molar-refractivity contribution < 1.29 is 0 Å². The fourth-order valence-electron chi connectivity index (χ4n) is 4.85. The van der Waals surface area contributed by atoms with Gasteiger partial charge in [0.1, 0.15) is 0 Å². The number of anilines is 2. The van der Waals surface area contributed by atoms with Crippen LogP contribution in [0, 0.1) is 19.8 Å². The van der Waals surface area contributed by atoms with Crippen molar-refractivity contribution in [3.63, 3.8) is 0 Å². The number of hydrogen-bond acceptors (Lipinski definition) is 2. The van der Waals surface area contributed by atoms with E-state index >= 15 is 0 Å². The normalized spacial score (nSPS) is 23.3. The quantitative estimate of drug-likeness (QED) is 0.685. The van der Waals surface area contributed by atoms with Gasteiger partial charge in [0.05, 0.1) is 6.04 Å². The van der Waals surface area contributed by atoms with Crippen LogP contribution in [0.1, 0.15) is 54.5 Å². The van der Waals surface area contributed by atoms with Crippen LogP contribution in [0.4, 0.5) is 11.4 Å². The number of nitrogens with zero attached hydrogens (tertiary/aromatic N) is 1. The van der Waals surface area contributed by atoms with Gasteiger partial charge >= 0.3 is 0 Å². The highest BCUT2D eigenvalue weighted by Gasteiger charge is 2.39. The van der Waals surface area contributed by atoms with E-state index in [2.05, 4.69) is 86.5 Å². The summed E-state index contributed by atoms with van der Waals surface area (Å²) in [5.41, 5.74) is 8.37. The molecule has 0 fully saturated rings. The summed E-state index contributed by atoms with van der Waals surface area (Å²) in [5, 5.41) is 3.92. The number of hydrogen-bond donors (Lipinski definition) is 1. The smallest absolute Gasteiger partial charge is 0.0554 e. The van der Waals surface area contributed by atoms with Crippen molar-refractivity contribution in [2.24, 2.45) is 5.92 Å². The summed E-state index contributed by atoms with van der Waals surface area (Å²) in [5.74, 6) is 1.15. The van der Waals surface area contributed by atoms with E-state index in [1.807, 2.05) is 0 Å². The molecule has 0 radical (unpaired) electrons. The number of allylic oxidation sites excluding steroid dienone is 2. The number of fused-ring (bicyclic) bond motifs is 3. The Morgan fingerprint density at radius 3 is 2.35 bits per heavy atom. The first-order chi connectivity index (χ1) is 12.6. The van der Waals surface area contributed by atoms with Gasteiger partial charge in [0, 0.05) is 30.4 Å². The monoisotopic (exact) mass is 346 g/mol. The lowest BCUT2D eigenvalue weighted by atomic mass is 9.75. The maximum Gasteiger partial charge on any atom is 0.0554 e. The first kappa shape index (κ1) is 17.2. The predicted octanol–water partition coefficient (Wildman–Crippen LogP) is 5.98.